The van der Waals surface area contributed by atoms with Crippen molar-refractivity contribution in [2.75, 3.05) is 17.1 Å². The quantitative estimate of drug-likeness (QED) is 0.346. The highest BCUT2D eigenvalue weighted by molar-refractivity contribution is 9.10. The molecule has 0 saturated carbocycles. The third kappa shape index (κ3) is 8.16. The number of aryl methyl sites for hydroxylation is 1. The van der Waals surface area contributed by atoms with Gasteiger partial charge in [-0.05, 0) is 55.7 Å². The van der Waals surface area contributed by atoms with E-state index in [4.69, 9.17) is 0 Å². The van der Waals surface area contributed by atoms with E-state index in [2.05, 4.69) is 21.2 Å². The Bertz CT molecular complexity index is 1350. The molecule has 0 saturated heterocycles. The molecule has 3 aromatic carbocycles. The van der Waals surface area contributed by atoms with E-state index >= 15 is 0 Å². The van der Waals surface area contributed by atoms with Gasteiger partial charge < -0.3 is 10.2 Å². The van der Waals surface area contributed by atoms with Crippen molar-refractivity contribution in [3.05, 3.63) is 100 Å². The van der Waals surface area contributed by atoms with Gasteiger partial charge >= 0.3 is 0 Å². The van der Waals surface area contributed by atoms with Gasteiger partial charge in [-0.1, -0.05) is 76.6 Å². The maximum Gasteiger partial charge on any atom is 0.244 e. The van der Waals surface area contributed by atoms with Crippen LogP contribution >= 0.6 is 15.9 Å². The van der Waals surface area contributed by atoms with Crippen LogP contribution in [0.1, 0.15) is 30.5 Å². The lowest BCUT2D eigenvalue weighted by Crippen LogP contribution is -2.54. The van der Waals surface area contributed by atoms with Gasteiger partial charge in [0.2, 0.25) is 21.8 Å². The van der Waals surface area contributed by atoms with Crippen molar-refractivity contribution >= 4 is 43.5 Å². The largest absolute Gasteiger partial charge is 0.352 e. The average Bonchev–Trinajstić information content (AvgIpc) is 2.86. The van der Waals surface area contributed by atoms with Crippen LogP contribution in [0, 0.1) is 6.92 Å². The first kappa shape index (κ1) is 29.4. The summed E-state index contributed by atoms with van der Waals surface area (Å²) in [5.74, 6) is -0.766. The van der Waals surface area contributed by atoms with Crippen LogP contribution in [0.5, 0.6) is 0 Å². The molecule has 1 N–H and O–H groups in total. The second-order valence-electron chi connectivity index (χ2n) is 9.58. The van der Waals surface area contributed by atoms with E-state index in [0.717, 1.165) is 31.7 Å². The van der Waals surface area contributed by atoms with Crippen molar-refractivity contribution < 1.29 is 18.0 Å². The topological polar surface area (TPSA) is 86.8 Å². The molecule has 0 bridgehead atoms. The predicted molar refractivity (Wildman–Crippen MR) is 155 cm³/mol. The second-order valence-corrected chi connectivity index (χ2v) is 12.3. The van der Waals surface area contributed by atoms with Gasteiger partial charge in [-0.25, -0.2) is 8.42 Å². The summed E-state index contributed by atoms with van der Waals surface area (Å²) in [6, 6.07) is 23.0. The minimum absolute atomic E-state index is 0.132. The van der Waals surface area contributed by atoms with Gasteiger partial charge in [0, 0.05) is 23.5 Å². The zero-order chi connectivity index (χ0) is 27.9. The molecule has 3 rings (SSSR count). The number of halogens is 1. The SMILES string of the molecule is Cc1cc(N(CC(=O)N(Cc2ccccc2)C(Cc2ccccc2)C(=O)NC(C)C)S(C)(=O)=O)ccc1Br. The minimum atomic E-state index is -3.80. The van der Waals surface area contributed by atoms with E-state index in [1.165, 1.54) is 4.90 Å². The number of nitrogens with zero attached hydrogens (tertiary/aromatic N) is 2. The number of hydrogen-bond acceptors (Lipinski definition) is 4. The Morgan fingerprint density at radius 1 is 0.921 bits per heavy atom. The lowest BCUT2D eigenvalue weighted by molar-refractivity contribution is -0.140. The Morgan fingerprint density at radius 3 is 2.03 bits per heavy atom. The molecule has 0 aliphatic rings. The number of sulfonamides is 1. The highest BCUT2D eigenvalue weighted by Gasteiger charge is 2.33. The number of carbonyl (C=O) groups excluding carboxylic acids is 2. The van der Waals surface area contributed by atoms with Gasteiger partial charge in [-0.3, -0.25) is 13.9 Å². The highest BCUT2D eigenvalue weighted by Crippen LogP contribution is 2.25. The Balaban J connectivity index is 2.04. The smallest absolute Gasteiger partial charge is 0.244 e. The number of benzene rings is 3. The molecular formula is C29H34BrN3O4S. The first-order valence-corrected chi connectivity index (χ1v) is 15.0. The molecule has 0 spiro atoms. The Kier molecular flexibility index (Phi) is 10.1. The zero-order valence-corrected chi connectivity index (χ0v) is 24.5. The van der Waals surface area contributed by atoms with Crippen LogP contribution < -0.4 is 9.62 Å². The van der Waals surface area contributed by atoms with E-state index in [0.29, 0.717) is 5.69 Å². The lowest BCUT2D eigenvalue weighted by atomic mass is 10.0. The van der Waals surface area contributed by atoms with Crippen LogP contribution in [-0.4, -0.2) is 50.0 Å². The van der Waals surface area contributed by atoms with Crippen LogP contribution in [-0.2, 0) is 32.6 Å². The maximum absolute atomic E-state index is 14.0. The van der Waals surface area contributed by atoms with Crippen molar-refractivity contribution in [1.82, 2.24) is 10.2 Å². The third-order valence-corrected chi connectivity index (χ3v) is 8.04. The molecule has 0 aliphatic heterocycles. The minimum Gasteiger partial charge on any atom is -0.352 e. The molecule has 38 heavy (non-hydrogen) atoms. The summed E-state index contributed by atoms with van der Waals surface area (Å²) in [6.07, 6.45) is 1.36. The van der Waals surface area contributed by atoms with E-state index < -0.39 is 28.5 Å². The van der Waals surface area contributed by atoms with E-state index in [9.17, 15) is 18.0 Å². The first-order valence-electron chi connectivity index (χ1n) is 12.4. The number of nitrogens with one attached hydrogen (secondary N) is 1. The average molecular weight is 601 g/mol. The molecule has 7 nitrogen and oxygen atoms in total. The fraction of sp³-hybridized carbons (Fsp3) is 0.310. The Morgan fingerprint density at radius 2 is 1.50 bits per heavy atom. The molecule has 9 heteroatoms. The molecule has 2 amide bonds. The molecule has 3 aromatic rings. The van der Waals surface area contributed by atoms with Crippen LogP contribution in [0.25, 0.3) is 0 Å². The summed E-state index contributed by atoms with van der Waals surface area (Å²) >= 11 is 3.44. The molecule has 0 aromatic heterocycles. The fourth-order valence-corrected chi connectivity index (χ4v) is 5.20. The summed E-state index contributed by atoms with van der Waals surface area (Å²) in [6.45, 7) is 5.29. The summed E-state index contributed by atoms with van der Waals surface area (Å²) in [7, 11) is -3.80. The fourth-order valence-electron chi connectivity index (χ4n) is 4.11. The summed E-state index contributed by atoms with van der Waals surface area (Å²) in [4.78, 5) is 29.0. The summed E-state index contributed by atoms with van der Waals surface area (Å²) in [5, 5.41) is 2.94. The summed E-state index contributed by atoms with van der Waals surface area (Å²) in [5.41, 5.74) is 2.95. The van der Waals surface area contributed by atoms with E-state index in [1.807, 2.05) is 81.4 Å². The van der Waals surface area contributed by atoms with Crippen molar-refractivity contribution in [2.45, 2.75) is 45.8 Å². The van der Waals surface area contributed by atoms with Crippen LogP contribution in [0.4, 0.5) is 5.69 Å². The monoisotopic (exact) mass is 599 g/mol. The van der Waals surface area contributed by atoms with Crippen LogP contribution in [0.15, 0.2) is 83.3 Å². The number of hydrogen-bond donors (Lipinski definition) is 1. The third-order valence-electron chi connectivity index (χ3n) is 6.01. The molecule has 1 unspecified atom stereocenters. The zero-order valence-electron chi connectivity index (χ0n) is 22.1. The molecular weight excluding hydrogens is 566 g/mol. The Labute approximate surface area is 234 Å². The van der Waals surface area contributed by atoms with Gasteiger partial charge in [-0.2, -0.15) is 0 Å². The molecule has 0 radical (unpaired) electrons. The number of anilines is 1. The van der Waals surface area contributed by atoms with Gasteiger partial charge in [0.25, 0.3) is 0 Å². The first-order chi connectivity index (χ1) is 18.0. The lowest BCUT2D eigenvalue weighted by Gasteiger charge is -2.34. The van der Waals surface area contributed by atoms with Gasteiger partial charge in [-0.15, -0.1) is 0 Å². The van der Waals surface area contributed by atoms with Gasteiger partial charge in [0.05, 0.1) is 11.9 Å². The standard InChI is InChI=1S/C29H34BrN3O4S/c1-21(2)31-29(35)27(18-23-11-7-5-8-12-23)32(19-24-13-9-6-10-14-24)28(34)20-33(38(4,36)37)25-15-16-26(30)22(3)17-25/h5-17,21,27H,18-20H2,1-4H3,(H,31,35). The van der Waals surface area contributed by atoms with E-state index in [-0.39, 0.29) is 24.9 Å². The Hall–Kier alpha value is -3.17. The maximum atomic E-state index is 14.0. The molecule has 202 valence electrons. The predicted octanol–water partition coefficient (Wildman–Crippen LogP) is 4.69. The van der Waals surface area contributed by atoms with Crippen molar-refractivity contribution in [3.8, 4) is 0 Å². The van der Waals surface area contributed by atoms with Crippen LogP contribution in [0.2, 0.25) is 0 Å². The van der Waals surface area contributed by atoms with Gasteiger partial charge in [0.15, 0.2) is 0 Å². The second kappa shape index (κ2) is 13.1. The van der Waals surface area contributed by atoms with E-state index in [1.54, 1.807) is 18.2 Å². The molecule has 1 atom stereocenters. The normalized spacial score (nSPS) is 12.2. The number of carbonyl (C=O) groups is 2. The van der Waals surface area contributed by atoms with Crippen molar-refractivity contribution in [1.29, 1.82) is 0 Å². The molecule has 0 heterocycles. The number of amides is 2. The number of rotatable bonds is 11. The van der Waals surface area contributed by atoms with Crippen LogP contribution in [0.3, 0.4) is 0 Å². The van der Waals surface area contributed by atoms with Gasteiger partial charge in [0.1, 0.15) is 12.6 Å². The molecule has 0 aliphatic carbocycles. The molecule has 0 fully saturated rings. The van der Waals surface area contributed by atoms with Crippen molar-refractivity contribution in [2.24, 2.45) is 0 Å². The summed E-state index contributed by atoms with van der Waals surface area (Å²) < 4.78 is 27.6. The van der Waals surface area contributed by atoms with Crippen molar-refractivity contribution in [3.63, 3.8) is 0 Å². The highest BCUT2D eigenvalue weighted by atomic mass is 79.9.